The molecule has 0 bridgehead atoms. The van der Waals surface area contributed by atoms with Gasteiger partial charge in [-0.25, -0.2) is 13.6 Å². The van der Waals surface area contributed by atoms with Crippen molar-refractivity contribution in [3.8, 4) is 0 Å². The summed E-state index contributed by atoms with van der Waals surface area (Å²) in [5.74, 6) is -1.52. The lowest BCUT2D eigenvalue weighted by molar-refractivity contribution is 0.262. The van der Waals surface area contributed by atoms with Crippen LogP contribution in [0, 0.1) is 11.6 Å². The Balaban J connectivity index is 1.83. The lowest BCUT2D eigenvalue weighted by Crippen LogP contribution is -2.20. The molecule has 3 aromatic rings. The van der Waals surface area contributed by atoms with Gasteiger partial charge < -0.3 is 15.2 Å². The molecule has 0 spiro atoms. The predicted molar refractivity (Wildman–Crippen MR) is 86.6 cm³/mol. The van der Waals surface area contributed by atoms with E-state index in [2.05, 4.69) is 10.6 Å². The van der Waals surface area contributed by atoms with E-state index in [9.17, 15) is 13.6 Å². The third-order valence-electron chi connectivity index (χ3n) is 3.56. The minimum Gasteiger partial charge on any atom is -0.346 e. The van der Waals surface area contributed by atoms with Gasteiger partial charge >= 0.3 is 6.03 Å². The van der Waals surface area contributed by atoms with Gasteiger partial charge in [0, 0.05) is 24.2 Å². The molecule has 4 nitrogen and oxygen atoms in total. The summed E-state index contributed by atoms with van der Waals surface area (Å²) in [7, 11) is 0. The molecule has 2 N–H and O–H groups in total. The van der Waals surface area contributed by atoms with Gasteiger partial charge in [-0.2, -0.15) is 0 Å². The Hall–Kier alpha value is -2.89. The molecule has 0 saturated heterocycles. The van der Waals surface area contributed by atoms with E-state index < -0.39 is 17.7 Å². The second-order valence-electron chi connectivity index (χ2n) is 5.05. The van der Waals surface area contributed by atoms with Crippen LogP contribution in [0.5, 0.6) is 0 Å². The summed E-state index contributed by atoms with van der Waals surface area (Å²) in [6, 6.07) is 10.1. The molecule has 23 heavy (non-hydrogen) atoms. The Morgan fingerprint density at radius 2 is 1.83 bits per heavy atom. The number of carbonyl (C=O) groups excluding carboxylic acids is 1. The number of fused-ring (bicyclic) bond motifs is 1. The van der Waals surface area contributed by atoms with E-state index in [0.717, 1.165) is 29.6 Å². The van der Waals surface area contributed by atoms with Gasteiger partial charge in [0.25, 0.3) is 0 Å². The standard InChI is InChI=1S/C17H15F2N3O/c1-2-22-10-15(12-5-3-4-6-16(12)22)21-17(23)20-14-8-7-11(18)9-13(14)19/h3-10H,2H2,1H3,(H2,20,21,23). The summed E-state index contributed by atoms with van der Waals surface area (Å²) >= 11 is 0. The van der Waals surface area contributed by atoms with Crippen LogP contribution >= 0.6 is 0 Å². The van der Waals surface area contributed by atoms with E-state index >= 15 is 0 Å². The van der Waals surface area contributed by atoms with Crippen LogP contribution in [0.1, 0.15) is 6.92 Å². The highest BCUT2D eigenvalue weighted by molar-refractivity contribution is 6.06. The molecule has 0 fully saturated rings. The monoisotopic (exact) mass is 315 g/mol. The Bertz CT molecular complexity index is 873. The average Bonchev–Trinajstić information content (AvgIpc) is 2.88. The van der Waals surface area contributed by atoms with Crippen LogP contribution in [-0.2, 0) is 6.54 Å². The number of carbonyl (C=O) groups is 1. The average molecular weight is 315 g/mol. The number of hydrogen-bond donors (Lipinski definition) is 2. The molecule has 0 saturated carbocycles. The maximum absolute atomic E-state index is 13.6. The Labute approximate surface area is 131 Å². The summed E-state index contributed by atoms with van der Waals surface area (Å²) in [6.45, 7) is 2.76. The van der Waals surface area contributed by atoms with Crippen molar-refractivity contribution in [1.82, 2.24) is 4.57 Å². The van der Waals surface area contributed by atoms with E-state index in [1.165, 1.54) is 6.07 Å². The van der Waals surface area contributed by atoms with Crippen LogP contribution in [0.3, 0.4) is 0 Å². The van der Waals surface area contributed by atoms with E-state index in [4.69, 9.17) is 0 Å². The molecule has 0 aliphatic carbocycles. The molecule has 0 aliphatic heterocycles. The van der Waals surface area contributed by atoms with Crippen molar-refractivity contribution in [1.29, 1.82) is 0 Å². The number of benzene rings is 2. The summed E-state index contributed by atoms with van der Waals surface area (Å²) in [5.41, 5.74) is 1.55. The number of urea groups is 1. The second kappa shape index (κ2) is 6.08. The summed E-state index contributed by atoms with van der Waals surface area (Å²) < 4.78 is 28.5. The molecule has 0 radical (unpaired) electrons. The fourth-order valence-electron chi connectivity index (χ4n) is 2.47. The number of nitrogens with zero attached hydrogens (tertiary/aromatic N) is 1. The third kappa shape index (κ3) is 3.01. The normalized spacial score (nSPS) is 10.7. The lowest BCUT2D eigenvalue weighted by atomic mass is 10.2. The van der Waals surface area contributed by atoms with Gasteiger partial charge in [0.15, 0.2) is 0 Å². The van der Waals surface area contributed by atoms with Gasteiger partial charge in [0.2, 0.25) is 0 Å². The maximum atomic E-state index is 13.6. The van der Waals surface area contributed by atoms with Crippen LogP contribution < -0.4 is 10.6 Å². The molecular weight excluding hydrogens is 300 g/mol. The highest BCUT2D eigenvalue weighted by atomic mass is 19.1. The zero-order valence-electron chi connectivity index (χ0n) is 12.4. The molecule has 3 rings (SSSR count). The van der Waals surface area contributed by atoms with E-state index in [0.29, 0.717) is 5.69 Å². The molecule has 1 heterocycles. The first-order chi connectivity index (χ1) is 11.1. The number of rotatable bonds is 3. The molecule has 2 amide bonds. The first kappa shape index (κ1) is 15.0. The zero-order valence-corrected chi connectivity index (χ0v) is 12.4. The first-order valence-electron chi connectivity index (χ1n) is 7.19. The van der Waals surface area contributed by atoms with Crippen LogP contribution in [0.4, 0.5) is 25.0 Å². The molecule has 0 aliphatic rings. The number of hydrogen-bond acceptors (Lipinski definition) is 1. The largest absolute Gasteiger partial charge is 0.346 e. The SMILES string of the molecule is CCn1cc(NC(=O)Nc2ccc(F)cc2F)c2ccccc21. The predicted octanol–water partition coefficient (Wildman–Crippen LogP) is 4.58. The summed E-state index contributed by atoms with van der Waals surface area (Å²) in [6.07, 6.45) is 1.82. The maximum Gasteiger partial charge on any atom is 0.323 e. The van der Waals surface area contributed by atoms with E-state index in [-0.39, 0.29) is 5.69 Å². The summed E-state index contributed by atoms with van der Waals surface area (Å²) in [5, 5.41) is 5.97. The number of nitrogens with one attached hydrogen (secondary N) is 2. The van der Waals surface area contributed by atoms with Gasteiger partial charge in [-0.3, -0.25) is 0 Å². The summed E-state index contributed by atoms with van der Waals surface area (Å²) in [4.78, 5) is 12.1. The van der Waals surface area contributed by atoms with Crippen molar-refractivity contribution >= 4 is 28.3 Å². The molecule has 0 unspecified atom stereocenters. The molecule has 6 heteroatoms. The molecule has 1 aromatic heterocycles. The van der Waals surface area contributed by atoms with Crippen molar-refractivity contribution < 1.29 is 13.6 Å². The van der Waals surface area contributed by atoms with Crippen molar-refractivity contribution in [2.24, 2.45) is 0 Å². The minimum absolute atomic E-state index is 0.0804. The van der Waals surface area contributed by atoms with Gasteiger partial charge in [-0.15, -0.1) is 0 Å². The van der Waals surface area contributed by atoms with Crippen LogP contribution in [0.25, 0.3) is 10.9 Å². The Kier molecular flexibility index (Phi) is 3.97. The van der Waals surface area contributed by atoms with E-state index in [1.807, 2.05) is 42.0 Å². The Morgan fingerprint density at radius 1 is 1.09 bits per heavy atom. The minimum atomic E-state index is -0.823. The highest BCUT2D eigenvalue weighted by Crippen LogP contribution is 2.26. The number of para-hydroxylation sites is 1. The fourth-order valence-corrected chi connectivity index (χ4v) is 2.47. The fraction of sp³-hybridized carbons (Fsp3) is 0.118. The van der Waals surface area contributed by atoms with E-state index in [1.54, 1.807) is 0 Å². The zero-order chi connectivity index (χ0) is 16.4. The van der Waals surface area contributed by atoms with Crippen molar-refractivity contribution in [3.05, 3.63) is 60.3 Å². The number of halogens is 2. The van der Waals surface area contributed by atoms with Crippen molar-refractivity contribution in [2.75, 3.05) is 10.6 Å². The molecule has 2 aromatic carbocycles. The molecular formula is C17H15F2N3O. The topological polar surface area (TPSA) is 46.1 Å². The van der Waals surface area contributed by atoms with Crippen molar-refractivity contribution in [3.63, 3.8) is 0 Å². The number of aryl methyl sites for hydroxylation is 1. The van der Waals surface area contributed by atoms with Crippen LogP contribution in [0.15, 0.2) is 48.7 Å². The smallest absolute Gasteiger partial charge is 0.323 e. The molecule has 0 atom stereocenters. The number of aromatic nitrogens is 1. The van der Waals surface area contributed by atoms with Gasteiger partial charge in [-0.1, -0.05) is 18.2 Å². The third-order valence-corrected chi connectivity index (χ3v) is 3.56. The van der Waals surface area contributed by atoms with Crippen LogP contribution in [0.2, 0.25) is 0 Å². The first-order valence-corrected chi connectivity index (χ1v) is 7.19. The van der Waals surface area contributed by atoms with Crippen molar-refractivity contribution in [2.45, 2.75) is 13.5 Å². The second-order valence-corrected chi connectivity index (χ2v) is 5.05. The number of anilines is 2. The van der Waals surface area contributed by atoms with Crippen LogP contribution in [-0.4, -0.2) is 10.6 Å². The molecule has 118 valence electrons. The lowest BCUT2D eigenvalue weighted by Gasteiger charge is -2.07. The van der Waals surface area contributed by atoms with Gasteiger partial charge in [0.05, 0.1) is 16.9 Å². The van der Waals surface area contributed by atoms with Gasteiger partial charge in [-0.05, 0) is 25.1 Å². The number of amides is 2. The highest BCUT2D eigenvalue weighted by Gasteiger charge is 2.12. The quantitative estimate of drug-likeness (QED) is 0.730. The van der Waals surface area contributed by atoms with Gasteiger partial charge in [0.1, 0.15) is 11.6 Å². The Morgan fingerprint density at radius 3 is 2.57 bits per heavy atom.